The summed E-state index contributed by atoms with van der Waals surface area (Å²) in [6.07, 6.45) is 83.1. The topological polar surface area (TPSA) is 95.9 Å². The zero-order chi connectivity index (χ0) is 54.3. The summed E-state index contributed by atoms with van der Waals surface area (Å²) in [6.45, 7) is 4.87. The minimum absolute atomic E-state index is 0.0225. The summed E-state index contributed by atoms with van der Waals surface area (Å²) in [5.74, 6) is -0.0976. The lowest BCUT2D eigenvalue weighted by atomic mass is 10.0. The molecule has 0 saturated carbocycles. The molecule has 440 valence electrons. The minimum atomic E-state index is -0.854. The minimum Gasteiger partial charge on any atom is -0.466 e. The highest BCUT2D eigenvalue weighted by molar-refractivity contribution is 5.76. The van der Waals surface area contributed by atoms with Gasteiger partial charge in [0.1, 0.15) is 0 Å². The molecular weight excluding hydrogens is 923 g/mol. The van der Waals surface area contributed by atoms with E-state index in [2.05, 4.69) is 55.6 Å². The van der Waals surface area contributed by atoms with E-state index in [1.54, 1.807) is 6.08 Å². The van der Waals surface area contributed by atoms with Gasteiger partial charge in [0, 0.05) is 12.8 Å². The number of allylic oxidation sites excluding steroid dienone is 7. The van der Waals surface area contributed by atoms with Crippen LogP contribution in [0.3, 0.4) is 0 Å². The Hall–Kier alpha value is -2.18. The number of ether oxygens (including phenoxy) is 1. The predicted octanol–water partition coefficient (Wildman–Crippen LogP) is 21.3. The van der Waals surface area contributed by atoms with Crippen molar-refractivity contribution in [3.63, 3.8) is 0 Å². The lowest BCUT2D eigenvalue weighted by molar-refractivity contribution is -0.143. The van der Waals surface area contributed by atoms with Crippen molar-refractivity contribution in [3.05, 3.63) is 48.6 Å². The Morgan fingerprint density at radius 1 is 0.373 bits per heavy atom. The van der Waals surface area contributed by atoms with Gasteiger partial charge in [-0.15, -0.1) is 0 Å². The van der Waals surface area contributed by atoms with E-state index in [1.807, 2.05) is 6.08 Å². The number of aliphatic hydroxyl groups excluding tert-OH is 2. The van der Waals surface area contributed by atoms with Gasteiger partial charge in [-0.25, -0.2) is 0 Å². The van der Waals surface area contributed by atoms with Crippen LogP contribution in [0.1, 0.15) is 354 Å². The maximum absolute atomic E-state index is 12.5. The van der Waals surface area contributed by atoms with Gasteiger partial charge in [-0.2, -0.15) is 0 Å². The molecule has 0 aromatic carbocycles. The van der Waals surface area contributed by atoms with E-state index in [4.69, 9.17) is 4.74 Å². The highest BCUT2D eigenvalue weighted by atomic mass is 16.5. The second kappa shape index (κ2) is 64.3. The number of aliphatic hydroxyl groups is 2. The number of amides is 1. The van der Waals surface area contributed by atoms with Crippen LogP contribution >= 0.6 is 0 Å². The summed E-state index contributed by atoms with van der Waals surface area (Å²) in [4.78, 5) is 24.6. The van der Waals surface area contributed by atoms with Gasteiger partial charge in [0.15, 0.2) is 0 Å². The summed E-state index contributed by atoms with van der Waals surface area (Å²) in [5.41, 5.74) is 0. The molecule has 3 N–H and O–H groups in total. The predicted molar refractivity (Wildman–Crippen MR) is 329 cm³/mol. The van der Waals surface area contributed by atoms with Crippen molar-refractivity contribution >= 4 is 11.9 Å². The Bertz CT molecular complexity index is 1260. The Balaban J connectivity index is 3.50. The molecule has 6 nitrogen and oxygen atoms in total. The first-order valence-electron chi connectivity index (χ1n) is 33.4. The molecule has 0 radical (unpaired) electrons. The van der Waals surface area contributed by atoms with Crippen molar-refractivity contribution in [1.29, 1.82) is 0 Å². The zero-order valence-corrected chi connectivity index (χ0v) is 50.3. The summed E-state index contributed by atoms with van der Waals surface area (Å²) >= 11 is 0. The van der Waals surface area contributed by atoms with E-state index in [0.717, 1.165) is 77.0 Å². The SMILES string of the molecule is CCCCCCC/C=C\CCCCCCCC(=O)OCCCCC/C=C\C=C/CCCCCCCCCCCCC(=O)NC(CO)C(O)/C=C/CCCCCCCCCCCCCCCCCCCCCCCCC. The van der Waals surface area contributed by atoms with Crippen LogP contribution in [0.2, 0.25) is 0 Å². The lowest BCUT2D eigenvalue weighted by Crippen LogP contribution is -2.45. The molecule has 0 spiro atoms. The van der Waals surface area contributed by atoms with Gasteiger partial charge >= 0.3 is 5.97 Å². The van der Waals surface area contributed by atoms with E-state index in [-0.39, 0.29) is 18.5 Å². The highest BCUT2D eigenvalue weighted by Gasteiger charge is 2.18. The van der Waals surface area contributed by atoms with Crippen LogP contribution in [0, 0.1) is 0 Å². The molecule has 6 heteroatoms. The van der Waals surface area contributed by atoms with Gasteiger partial charge < -0.3 is 20.3 Å². The summed E-state index contributed by atoms with van der Waals surface area (Å²) in [7, 11) is 0. The number of unbranched alkanes of at least 4 members (excludes halogenated alkanes) is 46. The van der Waals surface area contributed by atoms with E-state index in [0.29, 0.717) is 19.4 Å². The van der Waals surface area contributed by atoms with Crippen molar-refractivity contribution in [2.24, 2.45) is 0 Å². The molecule has 0 aliphatic carbocycles. The fourth-order valence-corrected chi connectivity index (χ4v) is 10.2. The van der Waals surface area contributed by atoms with Gasteiger partial charge in [-0.3, -0.25) is 9.59 Å². The molecule has 75 heavy (non-hydrogen) atoms. The number of hydrogen-bond acceptors (Lipinski definition) is 5. The van der Waals surface area contributed by atoms with E-state index >= 15 is 0 Å². The third-order valence-corrected chi connectivity index (χ3v) is 15.3. The molecule has 0 aliphatic rings. The van der Waals surface area contributed by atoms with Crippen molar-refractivity contribution < 1.29 is 24.5 Å². The first-order chi connectivity index (χ1) is 37.0. The Kier molecular flexibility index (Phi) is 62.5. The molecule has 0 aromatic rings. The van der Waals surface area contributed by atoms with Crippen molar-refractivity contribution in [2.75, 3.05) is 13.2 Å². The van der Waals surface area contributed by atoms with Crippen LogP contribution in [-0.4, -0.2) is 47.4 Å². The maximum Gasteiger partial charge on any atom is 0.305 e. The molecule has 2 atom stereocenters. The summed E-state index contributed by atoms with van der Waals surface area (Å²) in [5, 5.41) is 23.2. The monoisotopic (exact) mass is 1050 g/mol. The third-order valence-electron chi connectivity index (χ3n) is 15.3. The molecule has 2 unspecified atom stereocenters. The standard InChI is InChI=1S/C69H129NO5/c1-3-5-7-9-11-13-15-17-19-20-21-22-23-24-25-26-28-31-34-37-41-45-49-53-57-61-67(72)66(65-71)70-68(73)62-58-54-50-46-42-38-35-32-29-27-30-33-36-40-44-48-52-56-60-64-75-69(74)63-59-55-51-47-43-39-18-16-14-12-10-8-6-4-2/h16,18,33,36,40,44,57,61,66-67,71-72H,3-15,17,19-32,34-35,37-39,41-43,45-56,58-60,62-65H2,1-2H3,(H,70,73)/b18-16-,36-33-,44-40-,61-57+. The number of carbonyl (C=O) groups is 2. The van der Waals surface area contributed by atoms with Crippen LogP contribution in [0.4, 0.5) is 0 Å². The van der Waals surface area contributed by atoms with Crippen LogP contribution in [-0.2, 0) is 14.3 Å². The first kappa shape index (κ1) is 72.8. The van der Waals surface area contributed by atoms with E-state index in [1.165, 1.54) is 250 Å². The second-order valence-electron chi connectivity index (χ2n) is 22.8. The van der Waals surface area contributed by atoms with Crippen LogP contribution < -0.4 is 5.32 Å². The van der Waals surface area contributed by atoms with Gasteiger partial charge in [0.05, 0.1) is 25.4 Å². The lowest BCUT2D eigenvalue weighted by Gasteiger charge is -2.20. The van der Waals surface area contributed by atoms with Gasteiger partial charge in [0.2, 0.25) is 5.91 Å². The number of nitrogens with one attached hydrogen (secondary N) is 1. The fraction of sp³-hybridized carbons (Fsp3) is 0.855. The molecule has 1 amide bonds. The first-order valence-corrected chi connectivity index (χ1v) is 33.4. The van der Waals surface area contributed by atoms with Crippen molar-refractivity contribution in [3.8, 4) is 0 Å². The third kappa shape index (κ3) is 60.9. The molecule has 0 heterocycles. The molecule has 0 aliphatic heterocycles. The number of hydrogen-bond donors (Lipinski definition) is 3. The van der Waals surface area contributed by atoms with Crippen LogP contribution in [0.5, 0.6) is 0 Å². The summed E-state index contributed by atoms with van der Waals surface area (Å²) in [6, 6.07) is -0.638. The molecule has 0 bridgehead atoms. The number of esters is 1. The normalized spacial score (nSPS) is 12.9. The van der Waals surface area contributed by atoms with E-state index in [9.17, 15) is 19.8 Å². The Labute approximate surface area is 467 Å². The molecule has 0 fully saturated rings. The van der Waals surface area contributed by atoms with Crippen LogP contribution in [0.15, 0.2) is 48.6 Å². The maximum atomic E-state index is 12.5. The van der Waals surface area contributed by atoms with Crippen molar-refractivity contribution in [2.45, 2.75) is 366 Å². The fourth-order valence-electron chi connectivity index (χ4n) is 10.2. The van der Waals surface area contributed by atoms with Crippen LogP contribution in [0.25, 0.3) is 0 Å². The molecule has 0 rings (SSSR count). The number of rotatable bonds is 62. The average molecular weight is 1050 g/mol. The Morgan fingerprint density at radius 2 is 0.667 bits per heavy atom. The quantitative estimate of drug-likeness (QED) is 0.0244. The highest BCUT2D eigenvalue weighted by Crippen LogP contribution is 2.18. The molecule has 0 saturated heterocycles. The average Bonchev–Trinajstić information content (AvgIpc) is 3.41. The van der Waals surface area contributed by atoms with Gasteiger partial charge in [0.25, 0.3) is 0 Å². The Morgan fingerprint density at radius 3 is 1.03 bits per heavy atom. The van der Waals surface area contributed by atoms with Gasteiger partial charge in [-0.05, 0) is 89.9 Å². The van der Waals surface area contributed by atoms with Gasteiger partial charge in [-0.1, -0.05) is 300 Å². The smallest absolute Gasteiger partial charge is 0.305 e. The number of carbonyl (C=O) groups excluding carboxylic acids is 2. The van der Waals surface area contributed by atoms with Crippen molar-refractivity contribution in [1.82, 2.24) is 5.32 Å². The molecular formula is C69H129NO5. The van der Waals surface area contributed by atoms with E-state index < -0.39 is 12.1 Å². The molecule has 0 aromatic heterocycles. The summed E-state index contributed by atoms with van der Waals surface area (Å²) < 4.78 is 5.45. The second-order valence-corrected chi connectivity index (χ2v) is 22.8. The largest absolute Gasteiger partial charge is 0.466 e. The zero-order valence-electron chi connectivity index (χ0n) is 50.3.